The Morgan fingerprint density at radius 2 is 1.95 bits per heavy atom. The van der Waals surface area contributed by atoms with Crippen LogP contribution in [0.4, 0.5) is 5.69 Å². The number of amides is 1. The Bertz CT molecular complexity index is 621. The van der Waals surface area contributed by atoms with Gasteiger partial charge in [-0.25, -0.2) is 0 Å². The second kappa shape index (κ2) is 6.72. The maximum atomic E-state index is 11.9. The number of benzene rings is 1. The highest BCUT2D eigenvalue weighted by molar-refractivity contribution is 7.98. The van der Waals surface area contributed by atoms with Crippen molar-refractivity contribution in [3.63, 3.8) is 0 Å². The van der Waals surface area contributed by atoms with Gasteiger partial charge in [0.15, 0.2) is 0 Å². The SMILES string of the molecule is CSc1cccc(N(C)Cc2ccc(C(=O)N(C)C)[nH]2)c1. The lowest BCUT2D eigenvalue weighted by Gasteiger charge is -2.19. The van der Waals surface area contributed by atoms with E-state index in [2.05, 4.69) is 40.4 Å². The van der Waals surface area contributed by atoms with E-state index in [0.29, 0.717) is 5.69 Å². The van der Waals surface area contributed by atoms with Crippen molar-refractivity contribution >= 4 is 23.4 Å². The molecule has 21 heavy (non-hydrogen) atoms. The number of rotatable bonds is 5. The summed E-state index contributed by atoms with van der Waals surface area (Å²) < 4.78 is 0. The zero-order valence-electron chi connectivity index (χ0n) is 12.9. The molecule has 1 aromatic heterocycles. The van der Waals surface area contributed by atoms with Crippen LogP contribution < -0.4 is 4.90 Å². The summed E-state index contributed by atoms with van der Waals surface area (Å²) in [5.41, 5.74) is 2.82. The fourth-order valence-electron chi connectivity index (χ4n) is 2.09. The van der Waals surface area contributed by atoms with E-state index in [1.54, 1.807) is 30.8 Å². The van der Waals surface area contributed by atoms with E-state index in [9.17, 15) is 4.79 Å². The molecule has 0 saturated carbocycles. The number of carbonyl (C=O) groups excluding carboxylic acids is 1. The molecule has 0 fully saturated rings. The highest BCUT2D eigenvalue weighted by Gasteiger charge is 2.11. The number of H-pyrrole nitrogens is 1. The van der Waals surface area contributed by atoms with Gasteiger partial charge in [-0.05, 0) is 36.6 Å². The monoisotopic (exact) mass is 303 g/mol. The van der Waals surface area contributed by atoms with Crippen LogP contribution in [0.15, 0.2) is 41.3 Å². The summed E-state index contributed by atoms with van der Waals surface area (Å²) in [4.78, 5) is 20.0. The van der Waals surface area contributed by atoms with Crippen LogP contribution in [-0.4, -0.2) is 43.2 Å². The number of thioether (sulfide) groups is 1. The number of nitrogens with zero attached hydrogens (tertiary/aromatic N) is 2. The lowest BCUT2D eigenvalue weighted by Crippen LogP contribution is -2.22. The van der Waals surface area contributed by atoms with Crippen molar-refractivity contribution in [1.29, 1.82) is 0 Å². The molecule has 0 atom stereocenters. The first kappa shape index (κ1) is 15.5. The van der Waals surface area contributed by atoms with Gasteiger partial charge in [0.1, 0.15) is 5.69 Å². The van der Waals surface area contributed by atoms with Crippen LogP contribution >= 0.6 is 11.8 Å². The number of anilines is 1. The van der Waals surface area contributed by atoms with Gasteiger partial charge in [-0.3, -0.25) is 4.79 Å². The molecule has 4 nitrogen and oxygen atoms in total. The van der Waals surface area contributed by atoms with Gasteiger partial charge in [0, 0.05) is 37.4 Å². The van der Waals surface area contributed by atoms with E-state index in [-0.39, 0.29) is 5.91 Å². The molecule has 0 aliphatic rings. The van der Waals surface area contributed by atoms with Crippen molar-refractivity contribution in [2.45, 2.75) is 11.4 Å². The van der Waals surface area contributed by atoms with Gasteiger partial charge < -0.3 is 14.8 Å². The van der Waals surface area contributed by atoms with Crippen molar-refractivity contribution in [1.82, 2.24) is 9.88 Å². The number of carbonyl (C=O) groups is 1. The normalized spacial score (nSPS) is 10.5. The quantitative estimate of drug-likeness (QED) is 0.863. The van der Waals surface area contributed by atoms with Crippen LogP contribution in [0.2, 0.25) is 0 Å². The van der Waals surface area contributed by atoms with Crippen molar-refractivity contribution < 1.29 is 4.79 Å². The van der Waals surface area contributed by atoms with Gasteiger partial charge in [0.05, 0.1) is 6.54 Å². The minimum atomic E-state index is -0.00622. The summed E-state index contributed by atoms with van der Waals surface area (Å²) in [6.07, 6.45) is 2.07. The van der Waals surface area contributed by atoms with E-state index < -0.39 is 0 Å². The van der Waals surface area contributed by atoms with Gasteiger partial charge in [0.2, 0.25) is 0 Å². The number of hydrogen-bond donors (Lipinski definition) is 1. The minimum Gasteiger partial charge on any atom is -0.369 e. The van der Waals surface area contributed by atoms with Gasteiger partial charge in [0.25, 0.3) is 5.91 Å². The molecule has 1 amide bonds. The fourth-order valence-corrected chi connectivity index (χ4v) is 2.55. The molecule has 0 saturated heterocycles. The van der Waals surface area contributed by atoms with Crippen molar-refractivity contribution in [3.8, 4) is 0 Å². The number of aromatic amines is 1. The number of aromatic nitrogens is 1. The molecule has 2 rings (SSSR count). The van der Waals surface area contributed by atoms with Crippen LogP contribution in [0.1, 0.15) is 16.2 Å². The first-order valence-corrected chi connectivity index (χ1v) is 7.98. The van der Waals surface area contributed by atoms with Crippen LogP contribution in [0, 0.1) is 0 Å². The Balaban J connectivity index is 2.09. The first-order chi connectivity index (χ1) is 10.0. The molecule has 1 heterocycles. The molecule has 1 aromatic carbocycles. The molecular weight excluding hydrogens is 282 g/mol. The number of nitrogens with one attached hydrogen (secondary N) is 1. The molecule has 0 spiro atoms. The molecule has 1 N–H and O–H groups in total. The molecule has 0 bridgehead atoms. The molecule has 5 heteroatoms. The second-order valence-corrected chi connectivity index (χ2v) is 6.03. The Kier molecular flexibility index (Phi) is 4.96. The zero-order valence-corrected chi connectivity index (χ0v) is 13.7. The highest BCUT2D eigenvalue weighted by Crippen LogP contribution is 2.22. The molecule has 0 unspecified atom stereocenters. The lowest BCUT2D eigenvalue weighted by molar-refractivity contribution is 0.0822. The second-order valence-electron chi connectivity index (χ2n) is 5.15. The van der Waals surface area contributed by atoms with Crippen molar-refractivity contribution in [2.75, 3.05) is 32.3 Å². The third-order valence-corrected chi connectivity index (χ3v) is 4.01. The highest BCUT2D eigenvalue weighted by atomic mass is 32.2. The van der Waals surface area contributed by atoms with Crippen LogP contribution in [0.25, 0.3) is 0 Å². The van der Waals surface area contributed by atoms with Gasteiger partial charge in [-0.2, -0.15) is 0 Å². The van der Waals surface area contributed by atoms with Crippen molar-refractivity contribution in [3.05, 3.63) is 47.8 Å². The van der Waals surface area contributed by atoms with E-state index in [1.165, 1.54) is 4.90 Å². The first-order valence-electron chi connectivity index (χ1n) is 6.76. The molecule has 0 aliphatic carbocycles. The lowest BCUT2D eigenvalue weighted by atomic mass is 10.3. The van der Waals surface area contributed by atoms with E-state index in [1.807, 2.05) is 19.2 Å². The largest absolute Gasteiger partial charge is 0.369 e. The van der Waals surface area contributed by atoms with Crippen LogP contribution in [0.5, 0.6) is 0 Å². The predicted octanol–water partition coefficient (Wildman–Crippen LogP) is 3.07. The molecule has 0 radical (unpaired) electrons. The summed E-state index contributed by atoms with van der Waals surface area (Å²) in [6, 6.07) is 12.2. The Hall–Kier alpha value is -1.88. The summed E-state index contributed by atoms with van der Waals surface area (Å²) in [5, 5.41) is 0. The molecular formula is C16H21N3OS. The van der Waals surface area contributed by atoms with Gasteiger partial charge in [-0.1, -0.05) is 6.07 Å². The predicted molar refractivity (Wildman–Crippen MR) is 89.1 cm³/mol. The van der Waals surface area contributed by atoms with Gasteiger partial charge in [-0.15, -0.1) is 11.8 Å². The molecule has 112 valence electrons. The molecule has 0 aliphatic heterocycles. The third-order valence-electron chi connectivity index (χ3n) is 3.28. The van der Waals surface area contributed by atoms with Crippen molar-refractivity contribution in [2.24, 2.45) is 0 Å². The minimum absolute atomic E-state index is 0.00622. The summed E-state index contributed by atoms with van der Waals surface area (Å²) >= 11 is 1.73. The standard InChI is InChI=1S/C16H21N3OS/c1-18(2)16(20)15-9-8-12(17-15)11-19(3)13-6-5-7-14(10-13)21-4/h5-10,17H,11H2,1-4H3. The maximum absolute atomic E-state index is 11.9. The zero-order chi connectivity index (χ0) is 15.4. The molecule has 2 aromatic rings. The third kappa shape index (κ3) is 3.82. The topological polar surface area (TPSA) is 39.3 Å². The Morgan fingerprint density at radius 1 is 1.19 bits per heavy atom. The van der Waals surface area contributed by atoms with E-state index >= 15 is 0 Å². The maximum Gasteiger partial charge on any atom is 0.269 e. The van der Waals surface area contributed by atoms with E-state index in [4.69, 9.17) is 0 Å². The van der Waals surface area contributed by atoms with Gasteiger partial charge >= 0.3 is 0 Å². The number of hydrogen-bond acceptors (Lipinski definition) is 3. The Labute approximate surface area is 130 Å². The average Bonchev–Trinajstić information content (AvgIpc) is 2.94. The van der Waals surface area contributed by atoms with Crippen LogP contribution in [-0.2, 0) is 6.54 Å². The fraction of sp³-hybridized carbons (Fsp3) is 0.312. The smallest absolute Gasteiger partial charge is 0.269 e. The Morgan fingerprint density at radius 3 is 2.62 bits per heavy atom. The summed E-state index contributed by atoms with van der Waals surface area (Å²) in [6.45, 7) is 0.735. The van der Waals surface area contributed by atoms with E-state index in [0.717, 1.165) is 17.9 Å². The van der Waals surface area contributed by atoms with Crippen LogP contribution in [0.3, 0.4) is 0 Å². The summed E-state index contributed by atoms with van der Waals surface area (Å²) in [5.74, 6) is -0.00622. The summed E-state index contributed by atoms with van der Waals surface area (Å²) in [7, 11) is 5.56. The average molecular weight is 303 g/mol.